The van der Waals surface area contributed by atoms with Crippen molar-refractivity contribution in [2.75, 3.05) is 0 Å². The monoisotopic (exact) mass is 243 g/mol. The summed E-state index contributed by atoms with van der Waals surface area (Å²) in [4.78, 5) is 8.07. The Morgan fingerprint density at radius 3 is 3.11 bits per heavy atom. The summed E-state index contributed by atoms with van der Waals surface area (Å²) in [5.41, 5.74) is 3.31. The molecular weight excluding hydrogens is 229 g/mol. The molecule has 1 aliphatic carbocycles. The summed E-state index contributed by atoms with van der Waals surface area (Å²) in [5, 5.41) is 3.46. The van der Waals surface area contributed by atoms with Gasteiger partial charge in [-0.2, -0.15) is 0 Å². The highest BCUT2D eigenvalue weighted by molar-refractivity contribution is 5.34. The van der Waals surface area contributed by atoms with Crippen molar-refractivity contribution < 1.29 is 4.39 Å². The molecule has 92 valence electrons. The molecule has 1 heterocycles. The first-order valence-corrected chi connectivity index (χ1v) is 6.09. The van der Waals surface area contributed by atoms with Gasteiger partial charge in [0, 0.05) is 18.8 Å². The Kier molecular flexibility index (Phi) is 3.02. The number of hydrogen-bond donors (Lipinski definition) is 1. The van der Waals surface area contributed by atoms with Crippen LogP contribution >= 0.6 is 0 Å². The molecule has 18 heavy (non-hydrogen) atoms. The molecular formula is C14H14FN3. The normalized spacial score (nSPS) is 17.7. The van der Waals surface area contributed by atoms with E-state index in [1.165, 1.54) is 11.6 Å². The van der Waals surface area contributed by atoms with Crippen LogP contribution in [0, 0.1) is 5.82 Å². The maximum atomic E-state index is 13.1. The second-order valence-corrected chi connectivity index (χ2v) is 4.52. The second kappa shape index (κ2) is 4.82. The van der Waals surface area contributed by atoms with E-state index in [0.717, 1.165) is 24.1 Å². The highest BCUT2D eigenvalue weighted by atomic mass is 19.1. The quantitative estimate of drug-likeness (QED) is 0.899. The van der Waals surface area contributed by atoms with E-state index < -0.39 is 0 Å². The van der Waals surface area contributed by atoms with E-state index in [4.69, 9.17) is 0 Å². The van der Waals surface area contributed by atoms with Crippen LogP contribution in [-0.2, 0) is 13.0 Å². The smallest absolute Gasteiger partial charge is 0.123 e. The van der Waals surface area contributed by atoms with Crippen LogP contribution in [0.3, 0.4) is 0 Å². The topological polar surface area (TPSA) is 37.8 Å². The molecule has 1 unspecified atom stereocenters. The number of aromatic nitrogens is 2. The fraction of sp³-hybridized carbons (Fsp3) is 0.286. The van der Waals surface area contributed by atoms with Gasteiger partial charge in [0.25, 0.3) is 0 Å². The molecule has 1 N–H and O–H groups in total. The molecule has 0 fully saturated rings. The van der Waals surface area contributed by atoms with Crippen LogP contribution in [0.5, 0.6) is 0 Å². The molecule has 4 heteroatoms. The molecule has 0 bridgehead atoms. The molecule has 1 aliphatic rings. The molecule has 0 aliphatic heterocycles. The largest absolute Gasteiger partial charge is 0.304 e. The molecule has 2 aromatic rings. The van der Waals surface area contributed by atoms with E-state index in [-0.39, 0.29) is 5.82 Å². The molecule has 0 amide bonds. The maximum Gasteiger partial charge on any atom is 0.123 e. The fourth-order valence-electron chi connectivity index (χ4n) is 2.45. The van der Waals surface area contributed by atoms with Crippen LogP contribution in [0.25, 0.3) is 0 Å². The van der Waals surface area contributed by atoms with Crippen LogP contribution in [0.2, 0.25) is 0 Å². The first-order chi connectivity index (χ1) is 8.83. The third-order valence-corrected chi connectivity index (χ3v) is 3.36. The minimum Gasteiger partial charge on any atom is -0.304 e. The second-order valence-electron chi connectivity index (χ2n) is 4.52. The maximum absolute atomic E-state index is 13.1. The number of hydrogen-bond acceptors (Lipinski definition) is 3. The van der Waals surface area contributed by atoms with Gasteiger partial charge in [-0.25, -0.2) is 14.4 Å². The van der Waals surface area contributed by atoms with Gasteiger partial charge in [0.15, 0.2) is 0 Å². The summed E-state index contributed by atoms with van der Waals surface area (Å²) < 4.78 is 13.1. The zero-order valence-electron chi connectivity index (χ0n) is 9.94. The summed E-state index contributed by atoms with van der Waals surface area (Å²) in [6.45, 7) is 0.712. The SMILES string of the molecule is Fc1ccc2c(c1)CCC2NCc1ccncn1. The summed E-state index contributed by atoms with van der Waals surface area (Å²) in [7, 11) is 0. The van der Waals surface area contributed by atoms with E-state index >= 15 is 0 Å². The highest BCUT2D eigenvalue weighted by Gasteiger charge is 2.22. The van der Waals surface area contributed by atoms with E-state index in [1.54, 1.807) is 18.6 Å². The molecule has 0 saturated heterocycles. The minimum atomic E-state index is -0.148. The zero-order valence-corrected chi connectivity index (χ0v) is 9.94. The lowest BCUT2D eigenvalue weighted by Gasteiger charge is -2.13. The van der Waals surface area contributed by atoms with Gasteiger partial charge in [0.2, 0.25) is 0 Å². The zero-order chi connectivity index (χ0) is 12.4. The summed E-state index contributed by atoms with van der Waals surface area (Å²) in [5.74, 6) is -0.148. The standard InChI is InChI=1S/C14H14FN3/c15-11-2-3-13-10(7-11)1-4-14(13)17-8-12-5-6-16-9-18-12/h2-3,5-7,9,14,17H,1,4,8H2. The molecule has 0 saturated carbocycles. The van der Waals surface area contributed by atoms with Crippen molar-refractivity contribution >= 4 is 0 Å². The van der Waals surface area contributed by atoms with E-state index in [1.807, 2.05) is 12.1 Å². The van der Waals surface area contributed by atoms with Crippen molar-refractivity contribution in [2.24, 2.45) is 0 Å². The first kappa shape index (κ1) is 11.3. The Balaban J connectivity index is 1.70. The Hall–Kier alpha value is -1.81. The van der Waals surface area contributed by atoms with Crippen LogP contribution in [0.1, 0.15) is 29.3 Å². The van der Waals surface area contributed by atoms with Crippen LogP contribution in [-0.4, -0.2) is 9.97 Å². The fourth-order valence-corrected chi connectivity index (χ4v) is 2.45. The lowest BCUT2D eigenvalue weighted by atomic mass is 10.1. The molecule has 0 spiro atoms. The van der Waals surface area contributed by atoms with Gasteiger partial charge in [-0.05, 0) is 42.2 Å². The van der Waals surface area contributed by atoms with Crippen molar-refractivity contribution in [3.8, 4) is 0 Å². The number of nitrogens with one attached hydrogen (secondary N) is 1. The summed E-state index contributed by atoms with van der Waals surface area (Å²) in [6, 6.07) is 7.25. The molecule has 3 rings (SSSR count). The average Bonchev–Trinajstić information content (AvgIpc) is 2.80. The molecule has 1 aromatic carbocycles. The van der Waals surface area contributed by atoms with Crippen molar-refractivity contribution in [3.05, 3.63) is 59.4 Å². The Morgan fingerprint density at radius 2 is 2.28 bits per heavy atom. The van der Waals surface area contributed by atoms with E-state index in [2.05, 4.69) is 15.3 Å². The van der Waals surface area contributed by atoms with Gasteiger partial charge in [0.05, 0.1) is 5.69 Å². The van der Waals surface area contributed by atoms with Crippen molar-refractivity contribution in [3.63, 3.8) is 0 Å². The van der Waals surface area contributed by atoms with Crippen LogP contribution < -0.4 is 5.32 Å². The predicted molar refractivity (Wildman–Crippen MR) is 66.3 cm³/mol. The highest BCUT2D eigenvalue weighted by Crippen LogP contribution is 2.31. The van der Waals surface area contributed by atoms with Gasteiger partial charge in [-0.3, -0.25) is 0 Å². The molecule has 0 radical (unpaired) electrons. The number of benzene rings is 1. The van der Waals surface area contributed by atoms with Crippen molar-refractivity contribution in [1.82, 2.24) is 15.3 Å². The molecule has 3 nitrogen and oxygen atoms in total. The summed E-state index contributed by atoms with van der Waals surface area (Å²) in [6.07, 6.45) is 5.25. The van der Waals surface area contributed by atoms with Crippen LogP contribution in [0.4, 0.5) is 4.39 Å². The lowest BCUT2D eigenvalue weighted by molar-refractivity contribution is 0.524. The minimum absolute atomic E-state index is 0.148. The van der Waals surface area contributed by atoms with Crippen molar-refractivity contribution in [1.29, 1.82) is 0 Å². The van der Waals surface area contributed by atoms with Crippen LogP contribution in [0.15, 0.2) is 36.8 Å². The Labute approximate surface area is 105 Å². The van der Waals surface area contributed by atoms with Gasteiger partial charge in [-0.15, -0.1) is 0 Å². The van der Waals surface area contributed by atoms with E-state index in [0.29, 0.717) is 12.6 Å². The summed E-state index contributed by atoms with van der Waals surface area (Å²) >= 11 is 0. The van der Waals surface area contributed by atoms with E-state index in [9.17, 15) is 4.39 Å². The van der Waals surface area contributed by atoms with Gasteiger partial charge >= 0.3 is 0 Å². The first-order valence-electron chi connectivity index (χ1n) is 6.09. The number of rotatable bonds is 3. The van der Waals surface area contributed by atoms with Gasteiger partial charge in [-0.1, -0.05) is 6.07 Å². The average molecular weight is 243 g/mol. The predicted octanol–water partition coefficient (Wildman–Crippen LogP) is 2.39. The number of aryl methyl sites for hydroxylation is 1. The molecule has 1 atom stereocenters. The number of fused-ring (bicyclic) bond motifs is 1. The number of nitrogens with zero attached hydrogens (tertiary/aromatic N) is 2. The third kappa shape index (κ3) is 2.24. The van der Waals surface area contributed by atoms with Crippen molar-refractivity contribution in [2.45, 2.75) is 25.4 Å². The molecule has 1 aromatic heterocycles. The Morgan fingerprint density at radius 1 is 1.33 bits per heavy atom. The number of halogens is 1. The lowest BCUT2D eigenvalue weighted by Crippen LogP contribution is -2.19. The Bertz CT molecular complexity index is 542. The third-order valence-electron chi connectivity index (χ3n) is 3.36. The van der Waals surface area contributed by atoms with Gasteiger partial charge < -0.3 is 5.32 Å². The van der Waals surface area contributed by atoms with Gasteiger partial charge in [0.1, 0.15) is 12.1 Å².